The van der Waals surface area contributed by atoms with Gasteiger partial charge in [0.15, 0.2) is 4.32 Å². The van der Waals surface area contributed by atoms with Crippen LogP contribution in [0.4, 0.5) is 18.9 Å². The van der Waals surface area contributed by atoms with E-state index in [9.17, 15) is 22.8 Å². The summed E-state index contributed by atoms with van der Waals surface area (Å²) in [6, 6.07) is 13.6. The minimum absolute atomic E-state index is 0.0974. The van der Waals surface area contributed by atoms with Gasteiger partial charge >= 0.3 is 12.1 Å². The summed E-state index contributed by atoms with van der Waals surface area (Å²) in [7, 11) is 0. The Morgan fingerprint density at radius 2 is 1.85 bits per heavy atom. The van der Waals surface area contributed by atoms with E-state index in [1.165, 1.54) is 48.5 Å². The lowest BCUT2D eigenvalue weighted by Crippen LogP contribution is -2.33. The van der Waals surface area contributed by atoms with Crippen LogP contribution < -0.4 is 5.43 Å². The van der Waals surface area contributed by atoms with Gasteiger partial charge in [0.25, 0.3) is 5.91 Å². The number of thiocarbonyl (C=S) groups is 1. The van der Waals surface area contributed by atoms with Crippen LogP contribution in [0.3, 0.4) is 0 Å². The zero-order valence-electron chi connectivity index (χ0n) is 16.4. The Bertz CT molecular complexity index is 1280. The second kappa shape index (κ2) is 8.75. The van der Waals surface area contributed by atoms with Crippen molar-refractivity contribution in [1.29, 1.82) is 0 Å². The molecule has 1 aliphatic rings. The van der Waals surface area contributed by atoms with Gasteiger partial charge in [-0.05, 0) is 60.7 Å². The van der Waals surface area contributed by atoms with Gasteiger partial charge in [-0.25, -0.2) is 9.80 Å². The quantitative estimate of drug-likeness (QED) is 0.341. The number of carbonyl (C=O) groups excluding carboxylic acids is 1. The fourth-order valence-corrected chi connectivity index (χ4v) is 4.10. The molecule has 0 saturated carbocycles. The zero-order valence-corrected chi connectivity index (χ0v) is 18.1. The van der Waals surface area contributed by atoms with Crippen molar-refractivity contribution in [2.75, 3.05) is 5.43 Å². The minimum Gasteiger partial charge on any atom is -0.478 e. The van der Waals surface area contributed by atoms with Crippen LogP contribution in [0.1, 0.15) is 21.7 Å². The van der Waals surface area contributed by atoms with Crippen LogP contribution in [0.5, 0.6) is 0 Å². The standard InChI is InChI=1S/C22H13F3N2O4S2/c23-22(24,25)14-3-1-2-13(10-14)17-9-8-16(31-17)11-18-19(28)27(21(32)33-18)26-15-6-4-12(5-7-15)20(29)30/h1-11,26H,(H,29,30)/b18-11+. The molecule has 0 spiro atoms. The summed E-state index contributed by atoms with van der Waals surface area (Å²) in [5.41, 5.74) is 2.85. The van der Waals surface area contributed by atoms with Crippen LogP contribution in [0.25, 0.3) is 17.4 Å². The molecule has 2 N–H and O–H groups in total. The van der Waals surface area contributed by atoms with Crippen LogP contribution in [-0.2, 0) is 11.0 Å². The summed E-state index contributed by atoms with van der Waals surface area (Å²) in [4.78, 5) is 24.0. The lowest BCUT2D eigenvalue weighted by atomic mass is 10.1. The monoisotopic (exact) mass is 490 g/mol. The van der Waals surface area contributed by atoms with Gasteiger partial charge in [0, 0.05) is 11.6 Å². The highest BCUT2D eigenvalue weighted by Crippen LogP contribution is 2.35. The summed E-state index contributed by atoms with van der Waals surface area (Å²) in [5, 5.41) is 10.1. The highest BCUT2D eigenvalue weighted by Gasteiger charge is 2.33. The molecule has 0 atom stereocenters. The molecule has 6 nitrogen and oxygen atoms in total. The average Bonchev–Trinajstić information content (AvgIpc) is 3.34. The molecular weight excluding hydrogens is 477 g/mol. The molecule has 0 aliphatic carbocycles. The number of anilines is 1. The van der Waals surface area contributed by atoms with E-state index in [1.54, 1.807) is 6.07 Å². The molecule has 168 valence electrons. The SMILES string of the molecule is O=C(O)c1ccc(NN2C(=O)/C(=C\c3ccc(-c4cccc(C(F)(F)F)c4)o3)SC2=S)cc1. The number of rotatable bonds is 5. The van der Waals surface area contributed by atoms with Gasteiger partial charge in [0.05, 0.1) is 21.7 Å². The number of alkyl halides is 3. The van der Waals surface area contributed by atoms with Crippen molar-refractivity contribution in [3.8, 4) is 11.3 Å². The Morgan fingerprint density at radius 3 is 2.52 bits per heavy atom. The number of hydrogen-bond donors (Lipinski definition) is 2. The number of carbonyl (C=O) groups is 2. The molecule has 33 heavy (non-hydrogen) atoms. The number of amides is 1. The van der Waals surface area contributed by atoms with Gasteiger partial charge in [0.1, 0.15) is 11.5 Å². The molecular formula is C22H13F3N2O4S2. The second-order valence-electron chi connectivity index (χ2n) is 6.79. The first-order valence-corrected chi connectivity index (χ1v) is 10.5. The maximum absolute atomic E-state index is 13.0. The molecule has 2 aromatic carbocycles. The average molecular weight is 490 g/mol. The molecule has 1 aromatic heterocycles. The highest BCUT2D eigenvalue weighted by atomic mass is 32.2. The van der Waals surface area contributed by atoms with Crippen molar-refractivity contribution in [1.82, 2.24) is 5.01 Å². The molecule has 4 rings (SSSR count). The zero-order chi connectivity index (χ0) is 23.8. The van der Waals surface area contributed by atoms with Crippen molar-refractivity contribution in [3.63, 3.8) is 0 Å². The van der Waals surface area contributed by atoms with E-state index in [-0.39, 0.29) is 31.9 Å². The molecule has 0 bridgehead atoms. The third kappa shape index (κ3) is 4.94. The van der Waals surface area contributed by atoms with Crippen molar-refractivity contribution in [2.45, 2.75) is 6.18 Å². The first kappa shape index (κ1) is 22.6. The normalized spacial score (nSPS) is 15.4. The number of furan rings is 1. The second-order valence-corrected chi connectivity index (χ2v) is 8.47. The largest absolute Gasteiger partial charge is 0.478 e. The molecule has 1 fully saturated rings. The number of carboxylic acid groups (broad SMARTS) is 1. The smallest absolute Gasteiger partial charge is 0.416 e. The number of carboxylic acids is 1. The minimum atomic E-state index is -4.47. The maximum Gasteiger partial charge on any atom is 0.416 e. The molecule has 2 heterocycles. The Hall–Kier alpha value is -3.57. The van der Waals surface area contributed by atoms with E-state index in [0.717, 1.165) is 28.9 Å². The van der Waals surface area contributed by atoms with Crippen molar-refractivity contribution < 1.29 is 32.3 Å². The lowest BCUT2D eigenvalue weighted by molar-refractivity contribution is -0.137. The molecule has 0 unspecified atom stereocenters. The number of aromatic carboxylic acids is 1. The fourth-order valence-electron chi connectivity index (χ4n) is 2.94. The van der Waals surface area contributed by atoms with Gasteiger partial charge in [0.2, 0.25) is 0 Å². The number of hydrazine groups is 1. The van der Waals surface area contributed by atoms with Gasteiger partial charge in [-0.15, -0.1) is 0 Å². The molecule has 11 heteroatoms. The molecule has 0 radical (unpaired) electrons. The van der Waals surface area contributed by atoms with Crippen LogP contribution in [0, 0.1) is 0 Å². The van der Waals surface area contributed by atoms with Crippen LogP contribution in [0.15, 0.2) is 70.0 Å². The van der Waals surface area contributed by atoms with Crippen molar-refractivity contribution in [2.24, 2.45) is 0 Å². The Kier molecular flexibility index (Phi) is 6.00. The Morgan fingerprint density at radius 1 is 1.12 bits per heavy atom. The maximum atomic E-state index is 13.0. The van der Waals surface area contributed by atoms with E-state index in [2.05, 4.69) is 5.43 Å². The summed E-state index contributed by atoms with van der Waals surface area (Å²) in [6.45, 7) is 0. The van der Waals surface area contributed by atoms with E-state index in [1.807, 2.05) is 0 Å². The topological polar surface area (TPSA) is 82.8 Å². The Balaban J connectivity index is 1.51. The van der Waals surface area contributed by atoms with Gasteiger partial charge < -0.3 is 9.52 Å². The van der Waals surface area contributed by atoms with E-state index < -0.39 is 23.6 Å². The fraction of sp³-hybridized carbons (Fsp3) is 0.0455. The third-order valence-electron chi connectivity index (χ3n) is 4.54. The first-order valence-electron chi connectivity index (χ1n) is 9.27. The van der Waals surface area contributed by atoms with Crippen LogP contribution >= 0.6 is 24.0 Å². The summed E-state index contributed by atoms with van der Waals surface area (Å²) in [5.74, 6) is -1.03. The number of halogens is 3. The summed E-state index contributed by atoms with van der Waals surface area (Å²) < 4.78 is 44.7. The van der Waals surface area contributed by atoms with E-state index >= 15 is 0 Å². The van der Waals surface area contributed by atoms with Crippen LogP contribution in [0.2, 0.25) is 0 Å². The Labute approximate surface area is 194 Å². The summed E-state index contributed by atoms with van der Waals surface area (Å²) >= 11 is 6.26. The predicted octanol–water partition coefficient (Wildman–Crippen LogP) is 5.89. The number of thioether (sulfide) groups is 1. The number of nitrogens with one attached hydrogen (secondary N) is 1. The number of benzene rings is 2. The van der Waals surface area contributed by atoms with Gasteiger partial charge in [-0.1, -0.05) is 23.9 Å². The van der Waals surface area contributed by atoms with Crippen LogP contribution in [-0.4, -0.2) is 26.3 Å². The van der Waals surface area contributed by atoms with Crippen molar-refractivity contribution >= 4 is 51.9 Å². The lowest BCUT2D eigenvalue weighted by Gasteiger charge is -2.17. The van der Waals surface area contributed by atoms with Gasteiger partial charge in [-0.3, -0.25) is 10.2 Å². The summed E-state index contributed by atoms with van der Waals surface area (Å²) in [6.07, 6.45) is -3.02. The van der Waals surface area contributed by atoms with Crippen molar-refractivity contribution in [3.05, 3.63) is 82.5 Å². The number of nitrogens with zero attached hydrogens (tertiary/aromatic N) is 1. The van der Waals surface area contributed by atoms with Gasteiger partial charge in [-0.2, -0.15) is 13.2 Å². The predicted molar refractivity (Wildman–Crippen MR) is 121 cm³/mol. The molecule has 1 amide bonds. The number of hydrogen-bond acceptors (Lipinski definition) is 6. The molecule has 3 aromatic rings. The van der Waals surface area contributed by atoms with E-state index in [4.69, 9.17) is 21.7 Å². The van der Waals surface area contributed by atoms with E-state index in [0.29, 0.717) is 5.69 Å². The molecule has 1 saturated heterocycles. The third-order valence-corrected chi connectivity index (χ3v) is 5.84. The molecule has 1 aliphatic heterocycles. The highest BCUT2D eigenvalue weighted by molar-refractivity contribution is 8.26. The first-order chi connectivity index (χ1) is 15.6.